The molecule has 2 heteroatoms. The maximum Gasteiger partial charge on any atom is 0.0313 e. The van der Waals surface area contributed by atoms with E-state index in [0.29, 0.717) is 0 Å². The Hall–Kier alpha value is -0.890. The minimum Gasteiger partial charge on any atom is -0.313 e. The second-order valence-corrected chi connectivity index (χ2v) is 5.52. The zero-order valence-electron chi connectivity index (χ0n) is 12.8. The van der Waals surface area contributed by atoms with Gasteiger partial charge in [-0.15, -0.1) is 0 Å². The Morgan fingerprint density at radius 1 is 0.947 bits per heavy atom. The first kappa shape index (κ1) is 16.2. The maximum atomic E-state index is 4.21. The van der Waals surface area contributed by atoms with Gasteiger partial charge in [0.25, 0.3) is 0 Å². The van der Waals surface area contributed by atoms with Crippen molar-refractivity contribution >= 4 is 0 Å². The lowest BCUT2D eigenvalue weighted by Gasteiger charge is -2.05. The molecule has 0 radical (unpaired) electrons. The molecule has 0 unspecified atom stereocenters. The molecule has 0 atom stereocenters. The standard InChI is InChI=1S/C17H30N2/c1-3-4-5-6-7-8-9-10-11-18-14-17-12-16(2)13-19-15-17/h12-13,15,18H,3-11,14H2,1-2H3. The van der Waals surface area contributed by atoms with Gasteiger partial charge in [0, 0.05) is 18.9 Å². The topological polar surface area (TPSA) is 24.9 Å². The lowest BCUT2D eigenvalue weighted by atomic mass is 10.1. The van der Waals surface area contributed by atoms with E-state index in [4.69, 9.17) is 0 Å². The van der Waals surface area contributed by atoms with Crippen molar-refractivity contribution in [1.29, 1.82) is 0 Å². The van der Waals surface area contributed by atoms with Crippen LogP contribution in [0.2, 0.25) is 0 Å². The summed E-state index contributed by atoms with van der Waals surface area (Å²) < 4.78 is 0. The van der Waals surface area contributed by atoms with Crippen molar-refractivity contribution < 1.29 is 0 Å². The van der Waals surface area contributed by atoms with Crippen molar-refractivity contribution in [2.75, 3.05) is 6.54 Å². The molecule has 0 saturated carbocycles. The van der Waals surface area contributed by atoms with Gasteiger partial charge in [0.2, 0.25) is 0 Å². The number of rotatable bonds is 11. The highest BCUT2D eigenvalue weighted by molar-refractivity contribution is 5.16. The van der Waals surface area contributed by atoms with Gasteiger partial charge in [-0.25, -0.2) is 0 Å². The molecule has 1 rings (SSSR count). The zero-order valence-corrected chi connectivity index (χ0v) is 12.8. The van der Waals surface area contributed by atoms with Gasteiger partial charge in [-0.2, -0.15) is 0 Å². The minimum atomic E-state index is 0.950. The Bertz CT molecular complexity index is 323. The predicted octanol–water partition coefficient (Wildman–Crippen LogP) is 4.62. The van der Waals surface area contributed by atoms with Crippen molar-refractivity contribution in [2.24, 2.45) is 0 Å². The number of pyridine rings is 1. The maximum absolute atomic E-state index is 4.21. The summed E-state index contributed by atoms with van der Waals surface area (Å²) >= 11 is 0. The van der Waals surface area contributed by atoms with Crippen LogP contribution in [0.3, 0.4) is 0 Å². The third-order valence-corrected chi connectivity index (χ3v) is 3.47. The first-order valence-electron chi connectivity index (χ1n) is 7.94. The molecule has 0 bridgehead atoms. The summed E-state index contributed by atoms with van der Waals surface area (Å²) in [6.07, 6.45) is 14.9. The van der Waals surface area contributed by atoms with Crippen molar-refractivity contribution in [3.05, 3.63) is 29.6 Å². The molecular weight excluding hydrogens is 232 g/mol. The molecule has 1 aromatic heterocycles. The Labute approximate surface area is 119 Å². The number of hydrogen-bond acceptors (Lipinski definition) is 2. The van der Waals surface area contributed by atoms with Crippen molar-refractivity contribution in [2.45, 2.75) is 71.8 Å². The highest BCUT2D eigenvalue weighted by Crippen LogP contribution is 2.08. The largest absolute Gasteiger partial charge is 0.313 e. The zero-order chi connectivity index (χ0) is 13.8. The molecule has 19 heavy (non-hydrogen) atoms. The second kappa shape index (κ2) is 11.0. The quantitative estimate of drug-likeness (QED) is 0.589. The van der Waals surface area contributed by atoms with Crippen LogP contribution >= 0.6 is 0 Å². The third-order valence-electron chi connectivity index (χ3n) is 3.47. The molecule has 0 fully saturated rings. The Balaban J connectivity index is 1.89. The lowest BCUT2D eigenvalue weighted by molar-refractivity contribution is 0.555. The first-order valence-corrected chi connectivity index (χ1v) is 7.94. The lowest BCUT2D eigenvalue weighted by Crippen LogP contribution is -2.14. The van der Waals surface area contributed by atoms with Gasteiger partial charge in [0.15, 0.2) is 0 Å². The average Bonchev–Trinajstić information content (AvgIpc) is 2.41. The van der Waals surface area contributed by atoms with E-state index in [1.165, 1.54) is 62.5 Å². The van der Waals surface area contributed by atoms with Crippen LogP contribution in [-0.4, -0.2) is 11.5 Å². The van der Waals surface area contributed by atoms with E-state index in [1.807, 2.05) is 12.4 Å². The molecule has 0 amide bonds. The molecular formula is C17H30N2. The highest BCUT2D eigenvalue weighted by Gasteiger charge is 1.94. The monoisotopic (exact) mass is 262 g/mol. The summed E-state index contributed by atoms with van der Waals surface area (Å²) in [6, 6.07) is 2.20. The summed E-state index contributed by atoms with van der Waals surface area (Å²) in [6.45, 7) is 6.44. The molecule has 0 aliphatic rings. The number of aromatic nitrogens is 1. The summed E-state index contributed by atoms with van der Waals surface area (Å²) in [5.41, 5.74) is 2.53. The van der Waals surface area contributed by atoms with Gasteiger partial charge in [-0.3, -0.25) is 4.98 Å². The van der Waals surface area contributed by atoms with Crippen molar-refractivity contribution in [3.8, 4) is 0 Å². The van der Waals surface area contributed by atoms with E-state index in [1.54, 1.807) is 0 Å². The van der Waals surface area contributed by atoms with E-state index in [9.17, 15) is 0 Å². The molecule has 0 aliphatic carbocycles. The van der Waals surface area contributed by atoms with Gasteiger partial charge >= 0.3 is 0 Å². The van der Waals surface area contributed by atoms with Crippen molar-refractivity contribution in [3.63, 3.8) is 0 Å². The van der Waals surface area contributed by atoms with Crippen LogP contribution in [0.5, 0.6) is 0 Å². The highest BCUT2D eigenvalue weighted by atomic mass is 14.8. The Morgan fingerprint density at radius 2 is 1.63 bits per heavy atom. The molecule has 0 saturated heterocycles. The second-order valence-electron chi connectivity index (χ2n) is 5.52. The van der Waals surface area contributed by atoms with E-state index in [-0.39, 0.29) is 0 Å². The summed E-state index contributed by atoms with van der Waals surface area (Å²) in [5, 5.41) is 3.50. The first-order chi connectivity index (χ1) is 9.33. The summed E-state index contributed by atoms with van der Waals surface area (Å²) in [4.78, 5) is 4.21. The van der Waals surface area contributed by atoms with Gasteiger partial charge in [0.1, 0.15) is 0 Å². The van der Waals surface area contributed by atoms with Crippen LogP contribution < -0.4 is 5.32 Å². The predicted molar refractivity (Wildman–Crippen MR) is 83.3 cm³/mol. The van der Waals surface area contributed by atoms with Crippen LogP contribution in [0, 0.1) is 6.92 Å². The number of unbranched alkanes of at least 4 members (excludes halogenated alkanes) is 7. The third kappa shape index (κ3) is 8.77. The van der Waals surface area contributed by atoms with E-state index >= 15 is 0 Å². The van der Waals surface area contributed by atoms with Crippen LogP contribution in [0.25, 0.3) is 0 Å². The van der Waals surface area contributed by atoms with Crippen LogP contribution in [-0.2, 0) is 6.54 Å². The van der Waals surface area contributed by atoms with Crippen LogP contribution in [0.4, 0.5) is 0 Å². The molecule has 1 aromatic rings. The summed E-state index contributed by atoms with van der Waals surface area (Å²) in [7, 11) is 0. The molecule has 0 aliphatic heterocycles. The Kier molecular flexibility index (Phi) is 9.34. The molecule has 0 spiro atoms. The van der Waals surface area contributed by atoms with Gasteiger partial charge in [-0.1, -0.05) is 57.9 Å². The van der Waals surface area contributed by atoms with Crippen LogP contribution in [0.1, 0.15) is 69.4 Å². The number of hydrogen-bond donors (Lipinski definition) is 1. The fourth-order valence-electron chi connectivity index (χ4n) is 2.33. The smallest absolute Gasteiger partial charge is 0.0313 e. The molecule has 1 heterocycles. The number of nitrogens with zero attached hydrogens (tertiary/aromatic N) is 1. The minimum absolute atomic E-state index is 0.950. The van der Waals surface area contributed by atoms with Crippen molar-refractivity contribution in [1.82, 2.24) is 10.3 Å². The molecule has 0 aromatic carbocycles. The SMILES string of the molecule is CCCCCCCCCCNCc1cncc(C)c1. The fraction of sp³-hybridized carbons (Fsp3) is 0.706. The van der Waals surface area contributed by atoms with E-state index < -0.39 is 0 Å². The number of nitrogens with one attached hydrogen (secondary N) is 1. The fourth-order valence-corrected chi connectivity index (χ4v) is 2.33. The van der Waals surface area contributed by atoms with Gasteiger partial charge in [0.05, 0.1) is 0 Å². The van der Waals surface area contributed by atoms with Crippen LogP contribution in [0.15, 0.2) is 18.5 Å². The summed E-state index contributed by atoms with van der Waals surface area (Å²) in [5.74, 6) is 0. The van der Waals surface area contributed by atoms with E-state index in [0.717, 1.165) is 13.1 Å². The normalized spacial score (nSPS) is 10.8. The van der Waals surface area contributed by atoms with Gasteiger partial charge in [-0.05, 0) is 31.0 Å². The Morgan fingerprint density at radius 3 is 2.32 bits per heavy atom. The van der Waals surface area contributed by atoms with Gasteiger partial charge < -0.3 is 5.32 Å². The van der Waals surface area contributed by atoms with E-state index in [2.05, 4.69) is 30.2 Å². The molecule has 1 N–H and O–H groups in total. The number of aryl methyl sites for hydroxylation is 1. The molecule has 108 valence electrons. The average molecular weight is 262 g/mol. The molecule has 2 nitrogen and oxygen atoms in total.